The molecular weight excluding hydrogens is 382 g/mol. The zero-order valence-electron chi connectivity index (χ0n) is 16.1. The fourth-order valence-electron chi connectivity index (χ4n) is 3.89. The number of ether oxygens (including phenoxy) is 1. The maximum Gasteiger partial charge on any atom is 0.407 e. The number of carboxylic acid groups (broad SMARTS) is 1. The Hall–Kier alpha value is -3.64. The zero-order chi connectivity index (χ0) is 21.1. The molecule has 2 atom stereocenters. The maximum absolute atomic E-state index is 12.4. The lowest BCUT2D eigenvalue weighted by atomic mass is 9.98. The van der Waals surface area contributed by atoms with Crippen molar-refractivity contribution in [2.75, 3.05) is 6.61 Å². The van der Waals surface area contributed by atoms with Gasteiger partial charge in [-0.15, -0.1) is 0 Å². The van der Waals surface area contributed by atoms with Crippen molar-refractivity contribution in [2.45, 2.75) is 18.1 Å². The van der Waals surface area contributed by atoms with E-state index in [-0.39, 0.29) is 12.5 Å². The molecule has 3 N–H and O–H groups in total. The van der Waals surface area contributed by atoms with Crippen LogP contribution in [0.15, 0.2) is 78.9 Å². The van der Waals surface area contributed by atoms with E-state index in [0.717, 1.165) is 22.3 Å². The molecule has 0 saturated heterocycles. The first-order valence-electron chi connectivity index (χ1n) is 9.63. The van der Waals surface area contributed by atoms with Gasteiger partial charge in [0.2, 0.25) is 0 Å². The first kappa shape index (κ1) is 19.7. The minimum absolute atomic E-state index is 0.0631. The van der Waals surface area contributed by atoms with Gasteiger partial charge < -0.3 is 20.3 Å². The molecule has 4 rings (SSSR count). The summed E-state index contributed by atoms with van der Waals surface area (Å²) in [5.41, 5.74) is 4.72. The van der Waals surface area contributed by atoms with Crippen LogP contribution in [-0.2, 0) is 9.53 Å². The highest BCUT2D eigenvalue weighted by Crippen LogP contribution is 2.44. The van der Waals surface area contributed by atoms with Crippen LogP contribution in [0.5, 0.6) is 0 Å². The molecule has 1 aliphatic rings. The molecule has 0 bridgehead atoms. The van der Waals surface area contributed by atoms with Gasteiger partial charge in [-0.2, -0.15) is 0 Å². The molecule has 0 heterocycles. The molecule has 6 nitrogen and oxygen atoms in total. The second kappa shape index (κ2) is 8.39. The largest absolute Gasteiger partial charge is 0.480 e. The van der Waals surface area contributed by atoms with E-state index in [1.807, 2.05) is 48.5 Å². The molecule has 1 amide bonds. The third-order valence-corrected chi connectivity index (χ3v) is 5.34. The summed E-state index contributed by atoms with van der Waals surface area (Å²) in [5.74, 6) is -1.48. The number of rotatable bonds is 6. The van der Waals surface area contributed by atoms with Crippen molar-refractivity contribution in [1.29, 1.82) is 0 Å². The van der Waals surface area contributed by atoms with Crippen molar-refractivity contribution in [3.63, 3.8) is 0 Å². The van der Waals surface area contributed by atoms with Crippen molar-refractivity contribution in [3.05, 3.63) is 95.6 Å². The third kappa shape index (κ3) is 3.77. The topological polar surface area (TPSA) is 95.9 Å². The van der Waals surface area contributed by atoms with E-state index in [2.05, 4.69) is 5.32 Å². The lowest BCUT2D eigenvalue weighted by molar-refractivity contribution is -0.142. The molecule has 0 radical (unpaired) electrons. The Morgan fingerprint density at radius 3 is 1.97 bits per heavy atom. The number of alkyl carbamates (subject to hydrolysis) is 1. The first-order valence-corrected chi connectivity index (χ1v) is 9.63. The maximum atomic E-state index is 12.4. The molecular formula is C24H21NO5. The lowest BCUT2D eigenvalue weighted by Crippen LogP contribution is -2.45. The number of fused-ring (bicyclic) bond motifs is 3. The summed E-state index contributed by atoms with van der Waals surface area (Å²) in [6, 6.07) is 22.7. The van der Waals surface area contributed by atoms with Crippen LogP contribution >= 0.6 is 0 Å². The minimum Gasteiger partial charge on any atom is -0.480 e. The van der Waals surface area contributed by atoms with E-state index in [0.29, 0.717) is 5.56 Å². The molecule has 0 fully saturated rings. The Labute approximate surface area is 173 Å². The van der Waals surface area contributed by atoms with Gasteiger partial charge in [0.15, 0.2) is 6.04 Å². The summed E-state index contributed by atoms with van der Waals surface area (Å²) in [5, 5.41) is 22.1. The van der Waals surface area contributed by atoms with Crippen LogP contribution in [0.3, 0.4) is 0 Å². The minimum atomic E-state index is -1.52. The molecule has 0 aromatic heterocycles. The highest BCUT2D eigenvalue weighted by atomic mass is 16.5. The molecule has 0 aliphatic heterocycles. The molecule has 0 spiro atoms. The fourth-order valence-corrected chi connectivity index (χ4v) is 3.89. The summed E-state index contributed by atoms with van der Waals surface area (Å²) < 4.78 is 5.38. The molecule has 3 aromatic rings. The normalized spacial score (nSPS) is 14.3. The molecule has 1 aliphatic carbocycles. The Morgan fingerprint density at radius 2 is 1.40 bits per heavy atom. The van der Waals surface area contributed by atoms with Crippen LogP contribution in [0.2, 0.25) is 0 Å². The van der Waals surface area contributed by atoms with Crippen LogP contribution in [0.25, 0.3) is 11.1 Å². The number of hydrogen-bond donors (Lipinski definition) is 3. The van der Waals surface area contributed by atoms with Crippen LogP contribution in [0.4, 0.5) is 4.79 Å². The van der Waals surface area contributed by atoms with Gasteiger partial charge in [-0.1, -0.05) is 78.9 Å². The third-order valence-electron chi connectivity index (χ3n) is 5.34. The van der Waals surface area contributed by atoms with Crippen molar-refractivity contribution in [2.24, 2.45) is 0 Å². The van der Waals surface area contributed by atoms with E-state index < -0.39 is 24.2 Å². The number of aliphatic carboxylic acids is 1. The number of carbonyl (C=O) groups excluding carboxylic acids is 1. The smallest absolute Gasteiger partial charge is 0.407 e. The summed E-state index contributed by atoms with van der Waals surface area (Å²) >= 11 is 0. The van der Waals surface area contributed by atoms with Crippen molar-refractivity contribution < 1.29 is 24.5 Å². The Balaban J connectivity index is 1.46. The number of aliphatic hydroxyl groups is 1. The first-order chi connectivity index (χ1) is 14.6. The Kier molecular flexibility index (Phi) is 5.50. The van der Waals surface area contributed by atoms with Gasteiger partial charge in [-0.05, 0) is 27.8 Å². The highest BCUT2D eigenvalue weighted by molar-refractivity contribution is 5.81. The molecule has 3 aromatic carbocycles. The summed E-state index contributed by atoms with van der Waals surface area (Å²) in [7, 11) is 0. The molecule has 6 heteroatoms. The number of carboxylic acids is 1. The van der Waals surface area contributed by atoms with Crippen LogP contribution in [-0.4, -0.2) is 34.9 Å². The van der Waals surface area contributed by atoms with E-state index in [1.165, 1.54) is 0 Å². The summed E-state index contributed by atoms with van der Waals surface area (Å²) in [6.45, 7) is 0.0631. The number of nitrogens with one attached hydrogen (secondary N) is 1. The Morgan fingerprint density at radius 1 is 0.867 bits per heavy atom. The van der Waals surface area contributed by atoms with Gasteiger partial charge in [-0.3, -0.25) is 0 Å². The SMILES string of the molecule is O=C(N[C@H](C(=O)O)[C@@H](O)c1ccccc1)OCC1c2ccccc2-c2ccccc21. The predicted octanol–water partition coefficient (Wildman–Crippen LogP) is 3.71. The zero-order valence-corrected chi connectivity index (χ0v) is 16.1. The number of carbonyl (C=O) groups is 2. The quantitative estimate of drug-likeness (QED) is 0.583. The Bertz CT molecular complexity index is 1020. The number of amides is 1. The van der Waals surface area contributed by atoms with Crippen molar-refractivity contribution in [1.82, 2.24) is 5.32 Å². The molecule has 30 heavy (non-hydrogen) atoms. The van der Waals surface area contributed by atoms with E-state index >= 15 is 0 Å². The second-order valence-electron chi connectivity index (χ2n) is 7.14. The van der Waals surface area contributed by atoms with E-state index in [1.54, 1.807) is 30.3 Å². The van der Waals surface area contributed by atoms with Crippen LogP contribution in [0, 0.1) is 0 Å². The number of hydrogen-bond acceptors (Lipinski definition) is 4. The average Bonchev–Trinajstić information content (AvgIpc) is 3.10. The average molecular weight is 403 g/mol. The lowest BCUT2D eigenvalue weighted by Gasteiger charge is -2.21. The van der Waals surface area contributed by atoms with Crippen molar-refractivity contribution in [3.8, 4) is 11.1 Å². The summed E-state index contributed by atoms with van der Waals surface area (Å²) in [4.78, 5) is 24.0. The van der Waals surface area contributed by atoms with Gasteiger partial charge in [0.1, 0.15) is 12.7 Å². The van der Waals surface area contributed by atoms with Crippen LogP contribution in [0.1, 0.15) is 28.7 Å². The van der Waals surface area contributed by atoms with Gasteiger partial charge in [-0.25, -0.2) is 9.59 Å². The fraction of sp³-hybridized carbons (Fsp3) is 0.167. The standard InChI is InChI=1S/C24H21NO5/c26-22(15-8-2-1-3-9-15)21(23(27)28)25-24(29)30-14-20-18-12-6-4-10-16(18)17-11-5-7-13-19(17)20/h1-13,20-22,26H,14H2,(H,25,29)(H,27,28)/t21-,22-/m0/s1. The van der Waals surface area contributed by atoms with E-state index in [9.17, 15) is 19.8 Å². The van der Waals surface area contributed by atoms with Crippen molar-refractivity contribution >= 4 is 12.1 Å². The second-order valence-corrected chi connectivity index (χ2v) is 7.14. The molecule has 0 unspecified atom stereocenters. The predicted molar refractivity (Wildman–Crippen MR) is 111 cm³/mol. The monoisotopic (exact) mass is 403 g/mol. The van der Waals surface area contributed by atoms with E-state index in [4.69, 9.17) is 4.74 Å². The highest BCUT2D eigenvalue weighted by Gasteiger charge is 2.32. The van der Waals surface area contributed by atoms with Gasteiger partial charge >= 0.3 is 12.1 Å². The summed E-state index contributed by atoms with van der Waals surface area (Å²) in [6.07, 6.45) is -2.29. The molecule has 0 saturated carbocycles. The number of aliphatic hydroxyl groups excluding tert-OH is 1. The van der Waals surface area contributed by atoms with Gasteiger partial charge in [0, 0.05) is 5.92 Å². The van der Waals surface area contributed by atoms with Gasteiger partial charge in [0.05, 0.1) is 0 Å². The van der Waals surface area contributed by atoms with Gasteiger partial charge in [0.25, 0.3) is 0 Å². The van der Waals surface area contributed by atoms with Crippen LogP contribution < -0.4 is 5.32 Å². The number of benzene rings is 3. The molecule has 152 valence electrons.